The molecule has 0 amide bonds. The van der Waals surface area contributed by atoms with E-state index in [9.17, 15) is 5.11 Å². The van der Waals surface area contributed by atoms with E-state index in [-0.39, 0.29) is 0 Å². The number of hydrogen-bond donors (Lipinski definition) is 1. The standard InChI is InChI=1S/C9H12O.CH2O/c1-6-4-7(2)9(10)8(3)5-6;1-2/h4-5,10H,1-3H3;1H2. The SMILES string of the molecule is C=O.Cc1cc(C)c(O)c(C)c1. The van der Waals surface area contributed by atoms with E-state index in [0.717, 1.165) is 11.1 Å². The van der Waals surface area contributed by atoms with Crippen LogP contribution in [0, 0.1) is 20.8 Å². The predicted molar refractivity (Wildman–Crippen MR) is 49.4 cm³/mol. The van der Waals surface area contributed by atoms with Crippen molar-refractivity contribution in [3.63, 3.8) is 0 Å². The van der Waals surface area contributed by atoms with Crippen LogP contribution in [-0.2, 0) is 4.79 Å². The van der Waals surface area contributed by atoms with Crippen LogP contribution in [0.2, 0.25) is 0 Å². The largest absolute Gasteiger partial charge is 0.507 e. The van der Waals surface area contributed by atoms with E-state index < -0.39 is 0 Å². The van der Waals surface area contributed by atoms with E-state index in [1.807, 2.05) is 39.7 Å². The lowest BCUT2D eigenvalue weighted by atomic mass is 10.1. The third kappa shape index (κ3) is 2.38. The Hall–Kier alpha value is -1.31. The lowest BCUT2D eigenvalue weighted by Crippen LogP contribution is -1.81. The molecule has 0 aliphatic rings. The number of rotatable bonds is 0. The van der Waals surface area contributed by atoms with Gasteiger partial charge in [-0.1, -0.05) is 17.7 Å². The van der Waals surface area contributed by atoms with Crippen LogP contribution >= 0.6 is 0 Å². The minimum atomic E-state index is 0.422. The fourth-order valence-corrected chi connectivity index (χ4v) is 1.17. The highest BCUT2D eigenvalue weighted by Gasteiger charge is 1.98. The van der Waals surface area contributed by atoms with E-state index in [0.29, 0.717) is 5.75 Å². The molecule has 2 heteroatoms. The summed E-state index contributed by atoms with van der Waals surface area (Å²) in [6, 6.07) is 3.95. The summed E-state index contributed by atoms with van der Waals surface area (Å²) in [6.45, 7) is 7.85. The van der Waals surface area contributed by atoms with E-state index in [2.05, 4.69) is 0 Å². The molecular formula is C10H14O2. The van der Waals surface area contributed by atoms with Crippen LogP contribution in [0.3, 0.4) is 0 Å². The highest BCUT2D eigenvalue weighted by Crippen LogP contribution is 2.21. The van der Waals surface area contributed by atoms with E-state index >= 15 is 0 Å². The van der Waals surface area contributed by atoms with Crippen LogP contribution in [0.25, 0.3) is 0 Å². The van der Waals surface area contributed by atoms with Gasteiger partial charge in [-0.15, -0.1) is 0 Å². The van der Waals surface area contributed by atoms with Crippen LogP contribution in [0.1, 0.15) is 16.7 Å². The summed E-state index contributed by atoms with van der Waals surface area (Å²) in [6.07, 6.45) is 0. The van der Waals surface area contributed by atoms with E-state index in [4.69, 9.17) is 4.79 Å². The summed E-state index contributed by atoms with van der Waals surface area (Å²) in [7, 11) is 0. The van der Waals surface area contributed by atoms with Gasteiger partial charge >= 0.3 is 0 Å². The van der Waals surface area contributed by atoms with Crippen molar-refractivity contribution in [1.82, 2.24) is 0 Å². The van der Waals surface area contributed by atoms with E-state index in [1.165, 1.54) is 5.56 Å². The quantitative estimate of drug-likeness (QED) is 0.641. The van der Waals surface area contributed by atoms with Crippen molar-refractivity contribution in [1.29, 1.82) is 0 Å². The molecule has 0 radical (unpaired) electrons. The first-order chi connectivity index (χ1) is 5.61. The van der Waals surface area contributed by atoms with Crippen LogP contribution in [0.15, 0.2) is 12.1 Å². The Bertz CT molecular complexity index is 244. The molecule has 1 aromatic rings. The highest BCUT2D eigenvalue weighted by atomic mass is 16.3. The van der Waals surface area contributed by atoms with Crippen LogP contribution in [-0.4, -0.2) is 11.9 Å². The van der Waals surface area contributed by atoms with Gasteiger partial charge in [-0.2, -0.15) is 0 Å². The Morgan fingerprint density at radius 3 is 1.75 bits per heavy atom. The zero-order chi connectivity index (χ0) is 9.72. The number of aryl methyl sites for hydroxylation is 3. The molecule has 0 bridgehead atoms. The second kappa shape index (κ2) is 4.54. The van der Waals surface area contributed by atoms with Gasteiger partial charge in [0.05, 0.1) is 0 Å². The zero-order valence-corrected chi connectivity index (χ0v) is 7.72. The summed E-state index contributed by atoms with van der Waals surface area (Å²) in [5.41, 5.74) is 3.11. The molecule has 1 N–H and O–H groups in total. The molecule has 2 nitrogen and oxygen atoms in total. The maximum absolute atomic E-state index is 9.33. The van der Waals surface area contributed by atoms with Gasteiger partial charge in [0.15, 0.2) is 0 Å². The molecule has 0 aliphatic carbocycles. The molecular weight excluding hydrogens is 152 g/mol. The molecule has 0 aromatic heterocycles. The van der Waals surface area contributed by atoms with Gasteiger partial charge in [-0.3, -0.25) is 0 Å². The third-order valence-corrected chi connectivity index (χ3v) is 1.64. The van der Waals surface area contributed by atoms with Gasteiger partial charge in [0.2, 0.25) is 0 Å². The van der Waals surface area contributed by atoms with Crippen molar-refractivity contribution in [3.8, 4) is 5.75 Å². The summed E-state index contributed by atoms with van der Waals surface area (Å²) in [4.78, 5) is 8.00. The Kier molecular flexibility index (Phi) is 4.05. The van der Waals surface area contributed by atoms with Gasteiger partial charge in [0, 0.05) is 0 Å². The molecule has 0 aliphatic heterocycles. The molecule has 1 rings (SSSR count). The number of phenolic OH excluding ortho intramolecular Hbond substituents is 1. The lowest BCUT2D eigenvalue weighted by Gasteiger charge is -2.03. The van der Waals surface area contributed by atoms with Crippen LogP contribution in [0.5, 0.6) is 5.75 Å². The first-order valence-corrected chi connectivity index (χ1v) is 3.67. The predicted octanol–water partition coefficient (Wildman–Crippen LogP) is 2.13. The van der Waals surface area contributed by atoms with Crippen molar-refractivity contribution in [2.75, 3.05) is 0 Å². The van der Waals surface area contributed by atoms with E-state index in [1.54, 1.807) is 0 Å². The number of hydrogen-bond acceptors (Lipinski definition) is 2. The summed E-state index contributed by atoms with van der Waals surface area (Å²) in [5.74, 6) is 0.422. The third-order valence-electron chi connectivity index (χ3n) is 1.64. The van der Waals surface area contributed by atoms with Crippen molar-refractivity contribution in [3.05, 3.63) is 28.8 Å². The second-order valence-corrected chi connectivity index (χ2v) is 2.75. The summed E-state index contributed by atoms with van der Waals surface area (Å²) >= 11 is 0. The Labute approximate surface area is 72.9 Å². The van der Waals surface area contributed by atoms with Crippen molar-refractivity contribution < 1.29 is 9.90 Å². The lowest BCUT2D eigenvalue weighted by molar-refractivity contribution is -0.0979. The molecule has 0 saturated carbocycles. The van der Waals surface area contributed by atoms with Crippen LogP contribution < -0.4 is 0 Å². The maximum Gasteiger partial charge on any atom is 0.121 e. The van der Waals surface area contributed by atoms with Crippen molar-refractivity contribution >= 4 is 6.79 Å². The minimum Gasteiger partial charge on any atom is -0.507 e. The fraction of sp³-hybridized carbons (Fsp3) is 0.300. The first-order valence-electron chi connectivity index (χ1n) is 3.67. The molecule has 0 heterocycles. The van der Waals surface area contributed by atoms with Gasteiger partial charge < -0.3 is 9.90 Å². The summed E-state index contributed by atoms with van der Waals surface area (Å²) < 4.78 is 0. The van der Waals surface area contributed by atoms with Gasteiger partial charge in [-0.05, 0) is 31.9 Å². The Morgan fingerprint density at radius 2 is 1.42 bits per heavy atom. The summed E-state index contributed by atoms with van der Waals surface area (Å²) in [5, 5.41) is 9.33. The first kappa shape index (κ1) is 10.7. The van der Waals surface area contributed by atoms with Crippen molar-refractivity contribution in [2.24, 2.45) is 0 Å². The number of carbonyl (C=O) groups excluding carboxylic acids is 1. The molecule has 0 saturated heterocycles. The number of benzene rings is 1. The number of aromatic hydroxyl groups is 1. The number of phenols is 1. The van der Waals surface area contributed by atoms with Gasteiger partial charge in [0.1, 0.15) is 12.5 Å². The Morgan fingerprint density at radius 1 is 1.08 bits per heavy atom. The van der Waals surface area contributed by atoms with Crippen molar-refractivity contribution in [2.45, 2.75) is 20.8 Å². The normalized spacial score (nSPS) is 8.58. The fourth-order valence-electron chi connectivity index (χ4n) is 1.17. The Balaban J connectivity index is 0.000000561. The molecule has 0 unspecified atom stereocenters. The monoisotopic (exact) mass is 166 g/mol. The number of carbonyl (C=O) groups is 1. The molecule has 0 spiro atoms. The molecule has 1 aromatic carbocycles. The molecule has 0 fully saturated rings. The topological polar surface area (TPSA) is 37.3 Å². The molecule has 66 valence electrons. The van der Waals surface area contributed by atoms with Crippen LogP contribution in [0.4, 0.5) is 0 Å². The molecule has 0 atom stereocenters. The average Bonchev–Trinajstić information content (AvgIpc) is 2.04. The second-order valence-electron chi connectivity index (χ2n) is 2.75. The average molecular weight is 166 g/mol. The highest BCUT2D eigenvalue weighted by molar-refractivity contribution is 5.41. The van der Waals surface area contributed by atoms with Gasteiger partial charge in [0.25, 0.3) is 0 Å². The minimum absolute atomic E-state index is 0.422. The smallest absolute Gasteiger partial charge is 0.121 e. The molecule has 12 heavy (non-hydrogen) atoms. The maximum atomic E-state index is 9.33. The zero-order valence-electron chi connectivity index (χ0n) is 7.72. The van der Waals surface area contributed by atoms with Gasteiger partial charge in [-0.25, -0.2) is 0 Å².